The Bertz CT molecular complexity index is 1380. The molecule has 35 heavy (non-hydrogen) atoms. The van der Waals surface area contributed by atoms with Gasteiger partial charge in [0, 0.05) is 18.7 Å². The number of rotatable bonds is 5. The van der Waals surface area contributed by atoms with Crippen LogP contribution < -0.4 is 10.1 Å². The summed E-state index contributed by atoms with van der Waals surface area (Å²) in [6.45, 7) is -0.447. The van der Waals surface area contributed by atoms with Crippen molar-refractivity contribution >= 4 is 16.9 Å². The lowest BCUT2D eigenvalue weighted by Gasteiger charge is -2.26. The SMILES string of the molecule is Cn1nc(-c2ccccc2)c2c(C(F)(F)F)cc(OCC(=O)NC3CCCc4ccccc43)nc21. The van der Waals surface area contributed by atoms with Crippen LogP contribution in [0.15, 0.2) is 60.7 Å². The van der Waals surface area contributed by atoms with Crippen molar-refractivity contribution in [2.75, 3.05) is 6.61 Å². The van der Waals surface area contributed by atoms with Gasteiger partial charge in [0.15, 0.2) is 12.3 Å². The fraction of sp³-hybridized carbons (Fsp3) is 0.269. The van der Waals surface area contributed by atoms with Gasteiger partial charge >= 0.3 is 6.18 Å². The molecule has 6 nitrogen and oxygen atoms in total. The zero-order chi connectivity index (χ0) is 24.6. The molecule has 5 rings (SSSR count). The van der Waals surface area contributed by atoms with Crippen molar-refractivity contribution in [3.63, 3.8) is 0 Å². The molecule has 1 aliphatic carbocycles. The summed E-state index contributed by atoms with van der Waals surface area (Å²) in [5.41, 5.74) is 2.10. The average molecular weight is 480 g/mol. The van der Waals surface area contributed by atoms with E-state index in [9.17, 15) is 18.0 Å². The first-order valence-corrected chi connectivity index (χ1v) is 11.3. The van der Waals surface area contributed by atoms with E-state index >= 15 is 0 Å². The van der Waals surface area contributed by atoms with E-state index < -0.39 is 24.3 Å². The first-order valence-electron chi connectivity index (χ1n) is 11.3. The molecule has 0 spiro atoms. The van der Waals surface area contributed by atoms with Gasteiger partial charge < -0.3 is 10.1 Å². The molecule has 0 radical (unpaired) electrons. The van der Waals surface area contributed by atoms with E-state index in [0.717, 1.165) is 30.9 Å². The van der Waals surface area contributed by atoms with Crippen molar-refractivity contribution in [2.45, 2.75) is 31.5 Å². The van der Waals surface area contributed by atoms with Crippen LogP contribution in [0.4, 0.5) is 13.2 Å². The highest BCUT2D eigenvalue weighted by Crippen LogP contribution is 2.40. The first-order chi connectivity index (χ1) is 16.8. The van der Waals surface area contributed by atoms with Gasteiger partial charge in [-0.05, 0) is 30.4 Å². The summed E-state index contributed by atoms with van der Waals surface area (Å²) in [5.74, 6) is -0.705. The molecule has 4 aromatic rings. The lowest BCUT2D eigenvalue weighted by atomic mass is 9.88. The predicted octanol–water partition coefficient (Wildman–Crippen LogP) is 5.23. The first kappa shape index (κ1) is 22.9. The van der Waals surface area contributed by atoms with Crippen LogP contribution in [0, 0.1) is 0 Å². The van der Waals surface area contributed by atoms with Crippen LogP contribution in [-0.4, -0.2) is 27.3 Å². The Hall–Kier alpha value is -3.88. The van der Waals surface area contributed by atoms with Crippen LogP contribution in [0.25, 0.3) is 22.3 Å². The topological polar surface area (TPSA) is 69.0 Å². The number of nitrogens with one attached hydrogen (secondary N) is 1. The molecule has 180 valence electrons. The molecular formula is C26H23F3N4O2. The number of hydrogen-bond donors (Lipinski definition) is 1. The molecule has 1 aliphatic rings. The van der Waals surface area contributed by atoms with Crippen LogP contribution in [0.2, 0.25) is 0 Å². The van der Waals surface area contributed by atoms with Crippen molar-refractivity contribution in [1.29, 1.82) is 0 Å². The van der Waals surface area contributed by atoms with Crippen LogP contribution >= 0.6 is 0 Å². The molecule has 9 heteroatoms. The van der Waals surface area contributed by atoms with Gasteiger partial charge in [0.05, 0.1) is 17.0 Å². The molecule has 0 saturated heterocycles. The minimum atomic E-state index is -4.67. The van der Waals surface area contributed by atoms with Gasteiger partial charge in [-0.25, -0.2) is 4.68 Å². The van der Waals surface area contributed by atoms with Gasteiger partial charge in [-0.3, -0.25) is 4.79 Å². The summed E-state index contributed by atoms with van der Waals surface area (Å²) in [4.78, 5) is 16.8. The number of pyridine rings is 1. The third-order valence-corrected chi connectivity index (χ3v) is 6.18. The molecule has 0 aliphatic heterocycles. The van der Waals surface area contributed by atoms with Gasteiger partial charge in [0.1, 0.15) is 5.69 Å². The number of benzene rings is 2. The Labute approximate surface area is 199 Å². The quantitative estimate of drug-likeness (QED) is 0.425. The van der Waals surface area contributed by atoms with Gasteiger partial charge in [-0.2, -0.15) is 23.3 Å². The number of alkyl halides is 3. The second-order valence-corrected chi connectivity index (χ2v) is 8.54. The van der Waals surface area contributed by atoms with Crippen LogP contribution in [0.5, 0.6) is 5.88 Å². The second-order valence-electron chi connectivity index (χ2n) is 8.54. The van der Waals surface area contributed by atoms with E-state index in [0.29, 0.717) is 5.56 Å². The van der Waals surface area contributed by atoms with E-state index in [1.165, 1.54) is 17.3 Å². The maximum atomic E-state index is 14.1. The largest absolute Gasteiger partial charge is 0.467 e. The summed E-state index contributed by atoms with van der Waals surface area (Å²) in [6.07, 6.45) is -1.97. The Morgan fingerprint density at radius 1 is 1.14 bits per heavy atom. The zero-order valence-electron chi connectivity index (χ0n) is 19.0. The summed E-state index contributed by atoms with van der Waals surface area (Å²) >= 11 is 0. The number of nitrogens with zero attached hydrogens (tertiary/aromatic N) is 3. The van der Waals surface area contributed by atoms with Gasteiger partial charge in [0.2, 0.25) is 5.88 Å². The van der Waals surface area contributed by atoms with Crippen molar-refractivity contribution in [3.05, 3.63) is 77.4 Å². The molecule has 0 saturated carbocycles. The van der Waals surface area contributed by atoms with Crippen LogP contribution in [0.3, 0.4) is 0 Å². The Morgan fingerprint density at radius 3 is 2.66 bits per heavy atom. The number of amides is 1. The number of hydrogen-bond acceptors (Lipinski definition) is 4. The normalized spacial score (nSPS) is 15.6. The van der Waals surface area contributed by atoms with Crippen LogP contribution in [0.1, 0.15) is 35.6 Å². The zero-order valence-corrected chi connectivity index (χ0v) is 19.0. The standard InChI is InChI=1S/C26H23F3N4O2/c1-33-25-23(24(32-33)17-9-3-2-4-10-17)19(26(27,28)29)14-22(31-25)35-15-21(34)30-20-13-7-11-16-8-5-6-12-18(16)20/h2-6,8-10,12,14,20H,7,11,13,15H2,1H3,(H,30,34). The maximum absolute atomic E-state index is 14.1. The minimum absolute atomic E-state index is 0.0234. The van der Waals surface area contributed by atoms with Crippen molar-refractivity contribution in [3.8, 4) is 17.1 Å². The fourth-order valence-electron chi connectivity index (χ4n) is 4.60. The van der Waals surface area contributed by atoms with Gasteiger partial charge in [-0.1, -0.05) is 54.6 Å². The summed E-state index contributed by atoms with van der Waals surface area (Å²) in [7, 11) is 1.53. The number of ether oxygens (including phenoxy) is 1. The van der Waals surface area contributed by atoms with Crippen LogP contribution in [-0.2, 0) is 24.4 Å². The van der Waals surface area contributed by atoms with E-state index in [4.69, 9.17) is 4.74 Å². The third kappa shape index (κ3) is 4.58. The molecule has 2 aromatic carbocycles. The van der Waals surface area contributed by atoms with Gasteiger partial charge in [-0.15, -0.1) is 0 Å². The summed E-state index contributed by atoms with van der Waals surface area (Å²) < 4.78 is 48.9. The fourth-order valence-corrected chi connectivity index (χ4v) is 4.60. The number of aryl methyl sites for hydroxylation is 2. The van der Waals surface area contributed by atoms with E-state index in [1.807, 2.05) is 24.3 Å². The molecule has 2 aromatic heterocycles. The van der Waals surface area contributed by atoms with Crippen molar-refractivity contribution in [2.24, 2.45) is 7.05 Å². The minimum Gasteiger partial charge on any atom is -0.467 e. The highest BCUT2D eigenvalue weighted by Gasteiger charge is 2.36. The van der Waals surface area contributed by atoms with Crippen molar-refractivity contribution < 1.29 is 22.7 Å². The Morgan fingerprint density at radius 2 is 1.89 bits per heavy atom. The number of halogens is 3. The highest BCUT2D eigenvalue weighted by atomic mass is 19.4. The molecular weight excluding hydrogens is 457 g/mol. The molecule has 1 unspecified atom stereocenters. The average Bonchev–Trinajstić information content (AvgIpc) is 3.19. The maximum Gasteiger partial charge on any atom is 0.417 e. The Kier molecular flexibility index (Phi) is 5.92. The van der Waals surface area contributed by atoms with E-state index in [-0.39, 0.29) is 28.6 Å². The molecule has 0 bridgehead atoms. The Balaban J connectivity index is 1.41. The molecule has 1 atom stereocenters. The lowest BCUT2D eigenvalue weighted by Crippen LogP contribution is -2.34. The predicted molar refractivity (Wildman–Crippen MR) is 125 cm³/mol. The molecule has 1 amide bonds. The smallest absolute Gasteiger partial charge is 0.417 e. The second kappa shape index (κ2) is 9.05. The van der Waals surface area contributed by atoms with E-state index in [2.05, 4.69) is 15.4 Å². The molecule has 0 fully saturated rings. The number of fused-ring (bicyclic) bond motifs is 2. The monoisotopic (exact) mass is 480 g/mol. The summed E-state index contributed by atoms with van der Waals surface area (Å²) in [6, 6.07) is 17.2. The lowest BCUT2D eigenvalue weighted by molar-refractivity contribution is -0.136. The number of carbonyl (C=O) groups excluding carboxylic acids is 1. The third-order valence-electron chi connectivity index (χ3n) is 6.18. The van der Waals surface area contributed by atoms with Gasteiger partial charge in [0.25, 0.3) is 5.91 Å². The van der Waals surface area contributed by atoms with Crippen molar-refractivity contribution in [1.82, 2.24) is 20.1 Å². The number of aromatic nitrogens is 3. The van der Waals surface area contributed by atoms with E-state index in [1.54, 1.807) is 30.3 Å². The number of carbonyl (C=O) groups is 1. The highest BCUT2D eigenvalue weighted by molar-refractivity contribution is 5.94. The molecule has 1 N–H and O–H groups in total. The molecule has 2 heterocycles. The summed E-state index contributed by atoms with van der Waals surface area (Å²) in [5, 5.41) is 7.11.